The summed E-state index contributed by atoms with van der Waals surface area (Å²) < 4.78 is 5.79. The molecule has 0 bridgehead atoms. The first-order valence-corrected chi connectivity index (χ1v) is 18.1. The molecule has 0 aliphatic carbocycles. The van der Waals surface area contributed by atoms with Crippen molar-refractivity contribution in [2.45, 2.75) is 179 Å². The quantitative estimate of drug-likeness (QED) is 0.159. The van der Waals surface area contributed by atoms with Crippen LogP contribution in [0.2, 0.25) is 0 Å². The van der Waals surface area contributed by atoms with Gasteiger partial charge >= 0.3 is 5.97 Å². The van der Waals surface area contributed by atoms with E-state index in [0.29, 0.717) is 42.4 Å². The minimum absolute atomic E-state index is 0.154. The average Bonchev–Trinajstić information content (AvgIpc) is 3.62. The maximum Gasteiger partial charge on any atom is 0.341 e. The molecule has 6 aliphatic heterocycles. The van der Waals surface area contributed by atoms with Crippen molar-refractivity contribution in [3.8, 4) is 0 Å². The van der Waals surface area contributed by atoms with E-state index in [-0.39, 0.29) is 12.0 Å². The van der Waals surface area contributed by atoms with Crippen LogP contribution in [0, 0.1) is 0 Å². The number of nitrogens with zero attached hydrogens (tertiary/aromatic N) is 6. The van der Waals surface area contributed by atoms with Gasteiger partial charge < -0.3 is 14.5 Å². The van der Waals surface area contributed by atoms with E-state index < -0.39 is 0 Å². The van der Waals surface area contributed by atoms with Gasteiger partial charge in [0, 0.05) is 23.8 Å². The van der Waals surface area contributed by atoms with Crippen molar-refractivity contribution in [2.24, 2.45) is 15.0 Å². The van der Waals surface area contributed by atoms with Crippen LogP contribution >= 0.6 is 0 Å². The second kappa shape index (κ2) is 14.3. The predicted molar refractivity (Wildman–Crippen MR) is 175 cm³/mol. The number of carbonyl (C=O) groups is 1. The van der Waals surface area contributed by atoms with Gasteiger partial charge in [-0.1, -0.05) is 64.7 Å². The van der Waals surface area contributed by atoms with Crippen LogP contribution in [-0.2, 0) is 9.53 Å². The smallest absolute Gasteiger partial charge is 0.341 e. The van der Waals surface area contributed by atoms with Crippen LogP contribution in [0.3, 0.4) is 0 Å². The van der Waals surface area contributed by atoms with E-state index in [2.05, 4.69) is 23.6 Å². The van der Waals surface area contributed by atoms with E-state index in [9.17, 15) is 10.0 Å². The molecule has 0 saturated carbocycles. The van der Waals surface area contributed by atoms with Crippen molar-refractivity contribution in [2.75, 3.05) is 6.61 Å². The van der Waals surface area contributed by atoms with Crippen LogP contribution in [0.5, 0.6) is 0 Å². The van der Waals surface area contributed by atoms with Gasteiger partial charge in [-0.3, -0.25) is 5.21 Å². The number of hydroxylamine groups is 2. The van der Waals surface area contributed by atoms with Crippen molar-refractivity contribution in [3.63, 3.8) is 0 Å². The molecule has 44 heavy (non-hydrogen) atoms. The highest BCUT2D eigenvalue weighted by Crippen LogP contribution is 2.41. The minimum atomic E-state index is -0.214. The molecular weight excluding hydrogens is 552 g/mol. The molecular formula is C35H56N6O3. The molecule has 0 aromatic carbocycles. The van der Waals surface area contributed by atoms with Crippen molar-refractivity contribution in [3.05, 3.63) is 11.3 Å². The van der Waals surface area contributed by atoms with Crippen molar-refractivity contribution in [1.82, 2.24) is 14.9 Å². The Morgan fingerprint density at radius 2 is 1.52 bits per heavy atom. The molecule has 0 radical (unpaired) electrons. The zero-order valence-electron chi connectivity index (χ0n) is 27.6. The molecule has 1 unspecified atom stereocenters. The SMILES string of the molecule is CCCCCCCC1C[C@@H]2CCC3=C(C(=O)OCCCCCCC[C@@H]4C[C@@H]5CC[C@H]6C[C@@H](C)N(O)C(=N4)N56)C(C)=NC(=N1)N32. The molecule has 6 aliphatic rings. The molecule has 1 N–H and O–H groups in total. The molecule has 0 aromatic heterocycles. The zero-order valence-corrected chi connectivity index (χ0v) is 27.6. The number of hydrogen-bond acceptors (Lipinski definition) is 9. The Labute approximate surface area is 264 Å². The maximum atomic E-state index is 13.2. The van der Waals surface area contributed by atoms with Crippen LogP contribution in [0.4, 0.5) is 0 Å². The number of guanidine groups is 2. The highest BCUT2D eigenvalue weighted by atomic mass is 16.5. The third-order valence-electron chi connectivity index (χ3n) is 11.0. The number of rotatable bonds is 15. The Morgan fingerprint density at radius 1 is 0.864 bits per heavy atom. The standard InChI is InChI=1S/C35H56N6O3/c1-4-5-6-8-11-14-26-22-30-18-19-31-32(25(3)36-34(37-26)40(30)31)33(42)44-20-13-10-7-9-12-15-27-23-29-17-16-28-21-24(2)41(43)35(38-27)39(28)29/h24,26-30,43H,4-23H2,1-3H3/t24-,26?,27-,28+,29+,30+/m1/s1. The third kappa shape index (κ3) is 6.73. The summed E-state index contributed by atoms with van der Waals surface area (Å²) in [6.45, 7) is 6.77. The summed E-state index contributed by atoms with van der Waals surface area (Å²) >= 11 is 0. The van der Waals surface area contributed by atoms with E-state index in [0.717, 1.165) is 94.0 Å². The first-order valence-electron chi connectivity index (χ1n) is 18.1. The van der Waals surface area contributed by atoms with Gasteiger partial charge in [0.25, 0.3) is 0 Å². The molecule has 9 nitrogen and oxygen atoms in total. The average molecular weight is 609 g/mol. The van der Waals surface area contributed by atoms with E-state index in [1.165, 1.54) is 56.4 Å². The summed E-state index contributed by atoms with van der Waals surface area (Å²) in [4.78, 5) is 32.7. The topological polar surface area (TPSA) is 93.3 Å². The molecule has 3 fully saturated rings. The van der Waals surface area contributed by atoms with Crippen LogP contribution < -0.4 is 0 Å². The minimum Gasteiger partial charge on any atom is -0.462 e. The van der Waals surface area contributed by atoms with Gasteiger partial charge in [-0.15, -0.1) is 0 Å². The molecule has 0 aromatic rings. The molecule has 6 rings (SSSR count). The first-order chi connectivity index (χ1) is 21.4. The van der Waals surface area contributed by atoms with Crippen LogP contribution in [0.15, 0.2) is 26.2 Å². The lowest BCUT2D eigenvalue weighted by Crippen LogP contribution is -2.59. The summed E-state index contributed by atoms with van der Waals surface area (Å²) in [5.74, 6) is 1.44. The third-order valence-corrected chi connectivity index (χ3v) is 11.0. The second-order valence-electron chi connectivity index (χ2n) is 14.3. The Hall–Kier alpha value is -2.42. The van der Waals surface area contributed by atoms with E-state index in [4.69, 9.17) is 19.7 Å². The number of unbranched alkanes of at least 4 members (excludes halogenated alkanes) is 8. The lowest BCUT2D eigenvalue weighted by atomic mass is 9.97. The van der Waals surface area contributed by atoms with Crippen molar-refractivity contribution >= 4 is 23.6 Å². The molecule has 9 heteroatoms. The molecule has 0 spiro atoms. The van der Waals surface area contributed by atoms with Gasteiger partial charge in [-0.2, -0.15) is 0 Å². The fourth-order valence-electron chi connectivity index (χ4n) is 8.69. The van der Waals surface area contributed by atoms with Crippen LogP contribution in [-0.4, -0.2) is 86.5 Å². The number of ether oxygens (including phenoxy) is 1. The van der Waals surface area contributed by atoms with Crippen molar-refractivity contribution < 1.29 is 14.7 Å². The highest BCUT2D eigenvalue weighted by molar-refractivity contribution is 6.23. The van der Waals surface area contributed by atoms with Gasteiger partial charge in [0.05, 0.1) is 30.4 Å². The number of esters is 1. The normalized spacial score (nSPS) is 30.6. The monoisotopic (exact) mass is 608 g/mol. The summed E-state index contributed by atoms with van der Waals surface area (Å²) in [5, 5.41) is 12.1. The number of aliphatic imine (C=N–C) groups is 3. The Balaban J connectivity index is 0.902. The number of carbonyl (C=O) groups excluding carboxylic acids is 1. The Kier molecular flexibility index (Phi) is 10.3. The van der Waals surface area contributed by atoms with Gasteiger partial charge in [0.1, 0.15) is 5.57 Å². The summed E-state index contributed by atoms with van der Waals surface area (Å²) in [6.07, 6.45) is 21.8. The molecule has 3 saturated heterocycles. The summed E-state index contributed by atoms with van der Waals surface area (Å²) in [6, 6.07) is 2.37. The lowest BCUT2D eigenvalue weighted by Gasteiger charge is -2.47. The van der Waals surface area contributed by atoms with E-state index >= 15 is 0 Å². The lowest BCUT2D eigenvalue weighted by molar-refractivity contribution is -0.138. The first kappa shape index (κ1) is 31.6. The van der Waals surface area contributed by atoms with Gasteiger partial charge in [0.15, 0.2) is 0 Å². The number of allylic oxidation sites excluding steroid dienone is 1. The highest BCUT2D eigenvalue weighted by Gasteiger charge is 2.46. The summed E-state index contributed by atoms with van der Waals surface area (Å²) in [5.41, 5.74) is 2.53. The van der Waals surface area contributed by atoms with Crippen LogP contribution in [0.25, 0.3) is 0 Å². The van der Waals surface area contributed by atoms with Gasteiger partial charge in [0.2, 0.25) is 11.9 Å². The Morgan fingerprint density at radius 3 is 2.30 bits per heavy atom. The fourth-order valence-corrected chi connectivity index (χ4v) is 8.69. The van der Waals surface area contributed by atoms with E-state index in [1.807, 2.05) is 6.92 Å². The van der Waals surface area contributed by atoms with Gasteiger partial charge in [-0.05, 0) is 78.1 Å². The van der Waals surface area contributed by atoms with Gasteiger partial charge in [-0.25, -0.2) is 24.8 Å². The summed E-state index contributed by atoms with van der Waals surface area (Å²) in [7, 11) is 0. The molecule has 0 amide bonds. The molecule has 244 valence electrons. The van der Waals surface area contributed by atoms with Crippen LogP contribution in [0.1, 0.15) is 143 Å². The largest absolute Gasteiger partial charge is 0.462 e. The molecule has 6 atom stereocenters. The second-order valence-corrected chi connectivity index (χ2v) is 14.3. The number of hydrogen-bond donors (Lipinski definition) is 1. The van der Waals surface area contributed by atoms with E-state index in [1.54, 1.807) is 0 Å². The Bertz CT molecular complexity index is 1160. The predicted octanol–water partition coefficient (Wildman–Crippen LogP) is 7.00. The fraction of sp³-hybridized carbons (Fsp3) is 0.829. The zero-order chi connectivity index (χ0) is 30.6. The molecule has 6 heterocycles. The maximum absolute atomic E-state index is 13.2. The van der Waals surface area contributed by atoms with Crippen molar-refractivity contribution in [1.29, 1.82) is 0 Å².